The van der Waals surface area contributed by atoms with Gasteiger partial charge in [-0.25, -0.2) is 9.97 Å². The zero-order chi connectivity index (χ0) is 13.0. The molecule has 5 nitrogen and oxygen atoms in total. The Hall–Kier alpha value is -2.27. The van der Waals surface area contributed by atoms with Gasteiger partial charge in [0.15, 0.2) is 0 Å². The molecule has 0 saturated carbocycles. The summed E-state index contributed by atoms with van der Waals surface area (Å²) in [7, 11) is 1.71. The van der Waals surface area contributed by atoms with Crippen LogP contribution in [0, 0.1) is 0 Å². The van der Waals surface area contributed by atoms with Crippen LogP contribution in [0.2, 0.25) is 0 Å². The monoisotopic (exact) mass is 242 g/mol. The van der Waals surface area contributed by atoms with Crippen molar-refractivity contribution < 1.29 is 4.79 Å². The molecule has 2 N–H and O–H groups in total. The summed E-state index contributed by atoms with van der Waals surface area (Å²) in [4.78, 5) is 21.4. The third kappa shape index (κ3) is 2.52. The number of carbonyl (C=O) groups excluding carboxylic acids is 1. The fourth-order valence-electron chi connectivity index (χ4n) is 1.61. The van der Waals surface area contributed by atoms with Gasteiger partial charge in [0, 0.05) is 31.7 Å². The summed E-state index contributed by atoms with van der Waals surface area (Å²) in [5.74, 6) is -0.148. The maximum Gasteiger partial charge on any atom is 0.261 e. The molecule has 0 aliphatic rings. The summed E-state index contributed by atoms with van der Waals surface area (Å²) in [5, 5.41) is 0. The molecular formula is C13H14N4O. The van der Waals surface area contributed by atoms with Crippen LogP contribution in [0.4, 0.5) is 5.69 Å². The molecule has 1 heterocycles. The van der Waals surface area contributed by atoms with E-state index in [-0.39, 0.29) is 5.91 Å². The highest BCUT2D eigenvalue weighted by Gasteiger charge is 2.13. The van der Waals surface area contributed by atoms with Crippen LogP contribution in [0.3, 0.4) is 0 Å². The Morgan fingerprint density at radius 2 is 2.06 bits per heavy atom. The van der Waals surface area contributed by atoms with Gasteiger partial charge in [-0.15, -0.1) is 0 Å². The van der Waals surface area contributed by atoms with Crippen molar-refractivity contribution in [2.75, 3.05) is 11.9 Å². The van der Waals surface area contributed by atoms with Gasteiger partial charge in [0.05, 0.1) is 5.56 Å². The molecule has 92 valence electrons. The largest absolute Gasteiger partial charge is 0.326 e. The fraction of sp³-hybridized carbons (Fsp3) is 0.154. The lowest BCUT2D eigenvalue weighted by atomic mass is 10.2. The first-order valence-electron chi connectivity index (χ1n) is 5.54. The Bertz CT molecular complexity index is 542. The van der Waals surface area contributed by atoms with E-state index in [0.29, 0.717) is 12.1 Å². The average Bonchev–Trinajstić information content (AvgIpc) is 2.46. The van der Waals surface area contributed by atoms with Crippen LogP contribution in [0.5, 0.6) is 0 Å². The normalized spacial score (nSPS) is 10.1. The number of hydrogen-bond donors (Lipinski definition) is 1. The number of nitrogens with two attached hydrogens (primary N) is 1. The lowest BCUT2D eigenvalue weighted by Gasteiger charge is -2.17. The van der Waals surface area contributed by atoms with Crippen LogP contribution in [0.1, 0.15) is 15.9 Å². The molecule has 1 amide bonds. The van der Waals surface area contributed by atoms with Crippen molar-refractivity contribution >= 4 is 11.6 Å². The first-order chi connectivity index (χ1) is 8.72. The number of rotatable bonds is 3. The first kappa shape index (κ1) is 12.2. The van der Waals surface area contributed by atoms with Gasteiger partial charge in [0.1, 0.15) is 6.33 Å². The molecule has 5 heteroatoms. The van der Waals surface area contributed by atoms with Crippen LogP contribution in [-0.4, -0.2) is 22.9 Å². The maximum atomic E-state index is 12.2. The highest BCUT2D eigenvalue weighted by Crippen LogP contribution is 2.16. The van der Waals surface area contributed by atoms with Gasteiger partial charge in [-0.2, -0.15) is 0 Å². The Labute approximate surface area is 105 Å². The van der Waals surface area contributed by atoms with E-state index in [2.05, 4.69) is 9.97 Å². The molecule has 0 spiro atoms. The standard InChI is InChI=1S/C13H14N4O/c1-17(12-4-2-3-10(5-12)6-14)13(18)11-7-15-9-16-8-11/h2-5,7-9H,6,14H2,1H3. The number of nitrogens with zero attached hydrogens (tertiary/aromatic N) is 3. The van der Waals surface area contributed by atoms with Gasteiger partial charge >= 0.3 is 0 Å². The Kier molecular flexibility index (Phi) is 3.64. The zero-order valence-corrected chi connectivity index (χ0v) is 10.1. The zero-order valence-electron chi connectivity index (χ0n) is 10.1. The second kappa shape index (κ2) is 5.37. The molecule has 0 bridgehead atoms. The Morgan fingerprint density at radius 3 is 2.72 bits per heavy atom. The molecule has 0 unspecified atom stereocenters. The summed E-state index contributed by atoms with van der Waals surface area (Å²) >= 11 is 0. The van der Waals surface area contributed by atoms with E-state index < -0.39 is 0 Å². The minimum atomic E-state index is -0.148. The summed E-state index contributed by atoms with van der Waals surface area (Å²) in [6.45, 7) is 0.449. The van der Waals surface area contributed by atoms with Crippen molar-refractivity contribution in [1.29, 1.82) is 0 Å². The third-order valence-corrected chi connectivity index (χ3v) is 2.65. The summed E-state index contributed by atoms with van der Waals surface area (Å²) in [6.07, 6.45) is 4.39. The summed E-state index contributed by atoms with van der Waals surface area (Å²) in [6, 6.07) is 7.55. The smallest absolute Gasteiger partial charge is 0.261 e. The molecule has 2 rings (SSSR count). The second-order valence-electron chi connectivity index (χ2n) is 3.87. The van der Waals surface area contributed by atoms with E-state index in [9.17, 15) is 4.79 Å². The number of carbonyl (C=O) groups is 1. The van der Waals surface area contributed by atoms with Crippen molar-refractivity contribution in [3.05, 3.63) is 54.1 Å². The van der Waals surface area contributed by atoms with Crippen LogP contribution in [0.25, 0.3) is 0 Å². The number of amides is 1. The molecule has 0 saturated heterocycles. The van der Waals surface area contributed by atoms with Gasteiger partial charge in [-0.3, -0.25) is 4.79 Å². The predicted molar refractivity (Wildman–Crippen MR) is 69.1 cm³/mol. The molecule has 18 heavy (non-hydrogen) atoms. The lowest BCUT2D eigenvalue weighted by Crippen LogP contribution is -2.26. The Morgan fingerprint density at radius 1 is 1.33 bits per heavy atom. The van der Waals surface area contributed by atoms with Crippen molar-refractivity contribution in [1.82, 2.24) is 9.97 Å². The maximum absolute atomic E-state index is 12.2. The van der Waals surface area contributed by atoms with Crippen molar-refractivity contribution in [2.24, 2.45) is 5.73 Å². The molecule has 0 aliphatic carbocycles. The summed E-state index contributed by atoms with van der Waals surface area (Å²) < 4.78 is 0. The minimum absolute atomic E-state index is 0.148. The van der Waals surface area contributed by atoms with E-state index in [1.54, 1.807) is 11.9 Å². The topological polar surface area (TPSA) is 72.1 Å². The van der Waals surface area contributed by atoms with Gasteiger partial charge in [0.2, 0.25) is 0 Å². The van der Waals surface area contributed by atoms with E-state index in [4.69, 9.17) is 5.73 Å². The number of aromatic nitrogens is 2. The molecule has 0 radical (unpaired) electrons. The quantitative estimate of drug-likeness (QED) is 0.878. The number of anilines is 1. The molecular weight excluding hydrogens is 228 g/mol. The van der Waals surface area contributed by atoms with E-state index in [1.807, 2.05) is 24.3 Å². The SMILES string of the molecule is CN(C(=O)c1cncnc1)c1cccc(CN)c1. The van der Waals surface area contributed by atoms with Crippen molar-refractivity contribution in [3.63, 3.8) is 0 Å². The molecule has 0 fully saturated rings. The van der Waals surface area contributed by atoms with Crippen LogP contribution >= 0.6 is 0 Å². The van der Waals surface area contributed by atoms with Gasteiger partial charge in [-0.1, -0.05) is 12.1 Å². The highest BCUT2D eigenvalue weighted by atomic mass is 16.2. The first-order valence-corrected chi connectivity index (χ1v) is 5.54. The third-order valence-electron chi connectivity index (χ3n) is 2.65. The van der Waals surface area contributed by atoms with E-state index >= 15 is 0 Å². The van der Waals surface area contributed by atoms with Crippen molar-refractivity contribution in [2.45, 2.75) is 6.54 Å². The average molecular weight is 242 g/mol. The second-order valence-corrected chi connectivity index (χ2v) is 3.87. The minimum Gasteiger partial charge on any atom is -0.326 e. The van der Waals surface area contributed by atoms with Gasteiger partial charge in [0.25, 0.3) is 5.91 Å². The molecule has 1 aromatic heterocycles. The van der Waals surface area contributed by atoms with Gasteiger partial charge in [-0.05, 0) is 17.7 Å². The molecule has 0 atom stereocenters. The Balaban J connectivity index is 2.25. The number of hydrogen-bond acceptors (Lipinski definition) is 4. The predicted octanol–water partition coefficient (Wildman–Crippen LogP) is 1.21. The number of benzene rings is 1. The van der Waals surface area contributed by atoms with Crippen LogP contribution < -0.4 is 10.6 Å². The van der Waals surface area contributed by atoms with Crippen molar-refractivity contribution in [3.8, 4) is 0 Å². The molecule has 1 aromatic carbocycles. The summed E-state index contributed by atoms with van der Waals surface area (Å²) in [5.41, 5.74) is 7.82. The fourth-order valence-corrected chi connectivity index (χ4v) is 1.61. The van der Waals surface area contributed by atoms with E-state index in [1.165, 1.54) is 18.7 Å². The van der Waals surface area contributed by atoms with Gasteiger partial charge < -0.3 is 10.6 Å². The molecule has 2 aromatic rings. The van der Waals surface area contributed by atoms with Crippen LogP contribution in [0.15, 0.2) is 43.0 Å². The van der Waals surface area contributed by atoms with E-state index in [0.717, 1.165) is 11.3 Å². The highest BCUT2D eigenvalue weighted by molar-refractivity contribution is 6.05. The van der Waals surface area contributed by atoms with Crippen LogP contribution in [-0.2, 0) is 6.54 Å². The lowest BCUT2D eigenvalue weighted by molar-refractivity contribution is 0.0992. The molecule has 0 aliphatic heterocycles.